The Balaban J connectivity index is 2.28. The van der Waals surface area contributed by atoms with Crippen molar-refractivity contribution in [2.24, 2.45) is 0 Å². The molecule has 1 aromatic heterocycles. The van der Waals surface area contributed by atoms with E-state index in [1.54, 1.807) is 17.6 Å². The molecule has 0 fully saturated rings. The Morgan fingerprint density at radius 3 is 2.57 bits per heavy atom. The standard InChI is InChI=1S/C17H15N3O3/c1-11-8-16-14(9-15(11)20(22)23)18-10-17(21)19(16)12(2)13-6-4-3-5-7-13/h3-10,12H,1-2H3/t12-/m0/s1. The van der Waals surface area contributed by atoms with Gasteiger partial charge in [0.15, 0.2) is 0 Å². The maximum Gasteiger partial charge on any atom is 0.274 e. The van der Waals surface area contributed by atoms with Gasteiger partial charge in [0.25, 0.3) is 11.2 Å². The van der Waals surface area contributed by atoms with E-state index in [4.69, 9.17) is 0 Å². The summed E-state index contributed by atoms with van der Waals surface area (Å²) >= 11 is 0. The van der Waals surface area contributed by atoms with E-state index in [0.717, 1.165) is 5.56 Å². The summed E-state index contributed by atoms with van der Waals surface area (Å²) in [4.78, 5) is 27.1. The third kappa shape index (κ3) is 2.59. The molecule has 6 nitrogen and oxygen atoms in total. The SMILES string of the molecule is Cc1cc2c(cc1[N+](=O)[O-])ncc(=O)n2[C@@H](C)c1ccccc1. The first-order valence-electron chi connectivity index (χ1n) is 7.20. The van der Waals surface area contributed by atoms with Crippen LogP contribution in [-0.2, 0) is 0 Å². The summed E-state index contributed by atoms with van der Waals surface area (Å²) in [5.74, 6) is 0. The van der Waals surface area contributed by atoms with E-state index in [2.05, 4.69) is 4.98 Å². The van der Waals surface area contributed by atoms with Crippen molar-refractivity contribution in [3.63, 3.8) is 0 Å². The van der Waals surface area contributed by atoms with Crippen LogP contribution in [0.3, 0.4) is 0 Å². The second-order valence-corrected chi connectivity index (χ2v) is 5.44. The van der Waals surface area contributed by atoms with E-state index in [1.165, 1.54) is 12.3 Å². The van der Waals surface area contributed by atoms with Crippen molar-refractivity contribution in [2.45, 2.75) is 19.9 Å². The number of nitro groups is 1. The fourth-order valence-corrected chi connectivity index (χ4v) is 2.75. The Labute approximate surface area is 132 Å². The number of nitro benzene ring substituents is 1. The van der Waals surface area contributed by atoms with Crippen molar-refractivity contribution in [1.29, 1.82) is 0 Å². The number of aryl methyl sites for hydroxylation is 1. The smallest absolute Gasteiger partial charge is 0.274 e. The van der Waals surface area contributed by atoms with Crippen molar-refractivity contribution in [1.82, 2.24) is 9.55 Å². The van der Waals surface area contributed by atoms with E-state index >= 15 is 0 Å². The van der Waals surface area contributed by atoms with E-state index < -0.39 is 4.92 Å². The van der Waals surface area contributed by atoms with Crippen LogP contribution >= 0.6 is 0 Å². The second kappa shape index (κ2) is 5.64. The first-order valence-corrected chi connectivity index (χ1v) is 7.20. The monoisotopic (exact) mass is 309 g/mol. The van der Waals surface area contributed by atoms with Gasteiger partial charge in [-0.15, -0.1) is 0 Å². The molecule has 3 aromatic rings. The van der Waals surface area contributed by atoms with Gasteiger partial charge in [0, 0.05) is 11.6 Å². The summed E-state index contributed by atoms with van der Waals surface area (Å²) in [5.41, 5.74) is 2.29. The minimum absolute atomic E-state index is 0.00237. The highest BCUT2D eigenvalue weighted by atomic mass is 16.6. The van der Waals surface area contributed by atoms with Crippen LogP contribution in [0, 0.1) is 17.0 Å². The molecule has 116 valence electrons. The Morgan fingerprint density at radius 2 is 1.91 bits per heavy atom. The number of rotatable bonds is 3. The molecule has 3 rings (SSSR count). The number of aromatic nitrogens is 2. The average Bonchev–Trinajstić information content (AvgIpc) is 2.54. The lowest BCUT2D eigenvalue weighted by molar-refractivity contribution is -0.385. The molecular formula is C17H15N3O3. The van der Waals surface area contributed by atoms with E-state index in [1.807, 2.05) is 37.3 Å². The third-order valence-corrected chi connectivity index (χ3v) is 3.97. The van der Waals surface area contributed by atoms with E-state index in [0.29, 0.717) is 16.6 Å². The lowest BCUT2D eigenvalue weighted by Gasteiger charge is -2.18. The first-order chi connectivity index (χ1) is 11.0. The first kappa shape index (κ1) is 14.9. The van der Waals surface area contributed by atoms with Crippen molar-refractivity contribution >= 4 is 16.7 Å². The Morgan fingerprint density at radius 1 is 1.22 bits per heavy atom. The summed E-state index contributed by atoms with van der Waals surface area (Å²) in [5, 5.41) is 11.1. The largest absolute Gasteiger partial charge is 0.298 e. The summed E-state index contributed by atoms with van der Waals surface area (Å²) in [6.45, 7) is 3.58. The van der Waals surface area contributed by atoms with Gasteiger partial charge in [-0.3, -0.25) is 19.5 Å². The quantitative estimate of drug-likeness (QED) is 0.549. The molecule has 0 spiro atoms. The van der Waals surface area contributed by atoms with Gasteiger partial charge in [-0.05, 0) is 25.5 Å². The molecule has 0 aliphatic heterocycles. The van der Waals surface area contributed by atoms with Crippen LogP contribution in [0.4, 0.5) is 5.69 Å². The van der Waals surface area contributed by atoms with Crippen molar-refractivity contribution in [3.05, 3.63) is 80.3 Å². The van der Waals surface area contributed by atoms with Crippen LogP contribution < -0.4 is 5.56 Å². The molecule has 0 saturated carbocycles. The van der Waals surface area contributed by atoms with Crippen molar-refractivity contribution in [3.8, 4) is 0 Å². The summed E-state index contributed by atoms with van der Waals surface area (Å²) in [6.07, 6.45) is 1.21. The highest BCUT2D eigenvalue weighted by Gasteiger charge is 2.18. The fraction of sp³-hybridized carbons (Fsp3) is 0.176. The molecule has 1 heterocycles. The Kier molecular flexibility index (Phi) is 3.65. The van der Waals surface area contributed by atoms with Gasteiger partial charge in [0.1, 0.15) is 0 Å². The van der Waals surface area contributed by atoms with Gasteiger partial charge in [-0.2, -0.15) is 0 Å². The zero-order valence-electron chi connectivity index (χ0n) is 12.8. The minimum Gasteiger partial charge on any atom is -0.298 e. The fourth-order valence-electron chi connectivity index (χ4n) is 2.75. The summed E-state index contributed by atoms with van der Waals surface area (Å²) < 4.78 is 1.62. The van der Waals surface area contributed by atoms with Crippen LogP contribution in [0.2, 0.25) is 0 Å². The molecule has 0 radical (unpaired) electrons. The summed E-state index contributed by atoms with van der Waals surface area (Å²) in [7, 11) is 0. The molecule has 0 aliphatic rings. The van der Waals surface area contributed by atoms with Crippen molar-refractivity contribution < 1.29 is 4.92 Å². The molecule has 2 aromatic carbocycles. The van der Waals surface area contributed by atoms with Crippen LogP contribution in [0.15, 0.2) is 53.5 Å². The summed E-state index contributed by atoms with van der Waals surface area (Å²) in [6, 6.07) is 12.5. The number of nitrogens with zero attached hydrogens (tertiary/aromatic N) is 3. The van der Waals surface area contributed by atoms with Gasteiger partial charge >= 0.3 is 0 Å². The molecule has 0 saturated heterocycles. The lowest BCUT2D eigenvalue weighted by Crippen LogP contribution is -2.24. The molecule has 0 unspecified atom stereocenters. The van der Waals surface area contributed by atoms with Crippen LogP contribution in [-0.4, -0.2) is 14.5 Å². The van der Waals surface area contributed by atoms with Gasteiger partial charge in [0.05, 0.1) is 28.2 Å². The van der Waals surface area contributed by atoms with Crippen LogP contribution in [0.5, 0.6) is 0 Å². The van der Waals surface area contributed by atoms with E-state index in [-0.39, 0.29) is 17.3 Å². The zero-order chi connectivity index (χ0) is 16.6. The van der Waals surface area contributed by atoms with Crippen molar-refractivity contribution in [2.75, 3.05) is 0 Å². The van der Waals surface area contributed by atoms with E-state index in [9.17, 15) is 14.9 Å². The number of hydrogen-bond donors (Lipinski definition) is 0. The molecular weight excluding hydrogens is 294 g/mol. The topological polar surface area (TPSA) is 78.0 Å². The minimum atomic E-state index is -0.438. The van der Waals surface area contributed by atoms with Crippen LogP contribution in [0.1, 0.15) is 24.1 Å². The predicted octanol–water partition coefficient (Wildman–Crippen LogP) is 3.22. The Bertz CT molecular complexity index is 948. The number of benzene rings is 2. The molecule has 0 amide bonds. The second-order valence-electron chi connectivity index (χ2n) is 5.44. The molecule has 23 heavy (non-hydrogen) atoms. The maximum absolute atomic E-state index is 12.3. The molecule has 0 bridgehead atoms. The number of hydrogen-bond acceptors (Lipinski definition) is 4. The molecule has 1 atom stereocenters. The molecule has 6 heteroatoms. The normalized spacial score (nSPS) is 12.3. The highest BCUT2D eigenvalue weighted by molar-refractivity contribution is 5.79. The van der Waals surface area contributed by atoms with Gasteiger partial charge in [-0.1, -0.05) is 30.3 Å². The zero-order valence-corrected chi connectivity index (χ0v) is 12.8. The highest BCUT2D eigenvalue weighted by Crippen LogP contribution is 2.26. The average molecular weight is 309 g/mol. The Hall–Kier alpha value is -3.02. The molecule has 0 aliphatic carbocycles. The maximum atomic E-state index is 12.3. The number of fused-ring (bicyclic) bond motifs is 1. The predicted molar refractivity (Wildman–Crippen MR) is 87.6 cm³/mol. The van der Waals surface area contributed by atoms with Gasteiger partial charge < -0.3 is 0 Å². The van der Waals surface area contributed by atoms with Crippen LogP contribution in [0.25, 0.3) is 11.0 Å². The third-order valence-electron chi connectivity index (χ3n) is 3.97. The van der Waals surface area contributed by atoms with Gasteiger partial charge in [0.2, 0.25) is 0 Å². The van der Waals surface area contributed by atoms with Gasteiger partial charge in [-0.25, -0.2) is 4.98 Å². The lowest BCUT2D eigenvalue weighted by atomic mass is 10.1. The molecule has 0 N–H and O–H groups in total.